The Labute approximate surface area is 420 Å². The number of aromatic nitrogens is 3. The molecule has 8 rings (SSSR count). The number of rotatable bonds is 8. The summed E-state index contributed by atoms with van der Waals surface area (Å²) in [5.74, 6) is -1.54. The summed E-state index contributed by atoms with van der Waals surface area (Å²) in [5.41, 5.74) is -2.65. The van der Waals surface area contributed by atoms with Crippen molar-refractivity contribution in [2.45, 2.75) is 125 Å². The molecule has 0 saturated carbocycles. The van der Waals surface area contributed by atoms with Crippen LogP contribution in [0.3, 0.4) is 0 Å². The molecule has 0 amide bonds. The Kier molecular flexibility index (Phi) is 7.48. The van der Waals surface area contributed by atoms with Crippen LogP contribution in [0.4, 0.5) is 0 Å². The van der Waals surface area contributed by atoms with E-state index in [9.17, 15) is 5.11 Å². The molecule has 0 spiro atoms. The number of phenolic OH excluding ortho intramolecular Hbond substituents is 1. The van der Waals surface area contributed by atoms with Crippen molar-refractivity contribution in [1.82, 2.24) is 14.5 Å². The lowest BCUT2D eigenvalue weighted by Crippen LogP contribution is -2.17. The van der Waals surface area contributed by atoms with E-state index in [1.54, 1.807) is 35.0 Å². The van der Waals surface area contributed by atoms with Gasteiger partial charge in [0.2, 0.25) is 0 Å². The Hall–Kier alpha value is -6.26. The van der Waals surface area contributed by atoms with E-state index in [0.717, 1.165) is 33.9 Å². The molecule has 338 valence electrons. The summed E-state index contributed by atoms with van der Waals surface area (Å²) in [4.78, 5) is 10.1. The quantitative estimate of drug-likeness (QED) is 0.165. The topological polar surface area (TPSA) is 50.9 Å². The van der Waals surface area contributed by atoms with E-state index in [0.29, 0.717) is 51.6 Å². The summed E-state index contributed by atoms with van der Waals surface area (Å²) in [6, 6.07) is 39.4. The molecule has 0 aliphatic heterocycles. The van der Waals surface area contributed by atoms with Crippen LogP contribution in [0, 0.1) is 5.92 Å². The molecule has 0 radical (unpaired) electrons. The van der Waals surface area contributed by atoms with Crippen LogP contribution in [0.5, 0.6) is 5.75 Å². The van der Waals surface area contributed by atoms with E-state index < -0.39 is 85.6 Å². The Morgan fingerprint density at radius 1 is 0.545 bits per heavy atom. The van der Waals surface area contributed by atoms with Gasteiger partial charge < -0.3 is 5.11 Å². The highest BCUT2D eigenvalue weighted by atomic mass is 16.3. The smallest absolute Gasteiger partial charge is 0.149 e. The number of aromatic hydroxyl groups is 1. The summed E-state index contributed by atoms with van der Waals surface area (Å²) in [6.45, 7) is -7.77. The summed E-state index contributed by atoms with van der Waals surface area (Å²) in [5, 5.41) is 13.1. The molecule has 8 aromatic rings. The second-order valence-electron chi connectivity index (χ2n) is 20.0. The van der Waals surface area contributed by atoms with Crippen LogP contribution in [0.25, 0.3) is 72.7 Å². The standard InChI is InChI=1S/C62H69N3O/c1-39(2)31-40-23-28-54(50(32-40)42-19-16-15-17-20-42)65-55-22-18-21-49(56(55)64-58(65)51-37-48(61(9,10)11)38-52(57(51)66)62(12,13)14)44-33-45(35-47(34-44)60(6,7)8)53-36-43(29-30-63-53)41-24-26-46(27-25-41)59(3,4)5/h15-30,32-39,66H,31H2,1-14H3/i9D3,10D3,11D3,12D3,13D3,14D3. The monoisotopic (exact) mass is 890 g/mol. The molecule has 1 N–H and O–H groups in total. The zero-order chi connectivity index (χ0) is 62.5. The van der Waals surface area contributed by atoms with Crippen molar-refractivity contribution in [1.29, 1.82) is 0 Å². The first-order chi connectivity index (χ1) is 38.5. The van der Waals surface area contributed by atoms with Gasteiger partial charge in [0.15, 0.2) is 0 Å². The van der Waals surface area contributed by atoms with Gasteiger partial charge in [-0.1, -0.05) is 181 Å². The summed E-state index contributed by atoms with van der Waals surface area (Å²) >= 11 is 0. The largest absolute Gasteiger partial charge is 0.507 e. The van der Waals surface area contributed by atoms with Gasteiger partial charge in [-0.05, 0) is 127 Å². The normalized spacial score (nSPS) is 17.8. The van der Waals surface area contributed by atoms with Gasteiger partial charge in [-0.25, -0.2) is 4.98 Å². The maximum absolute atomic E-state index is 13.1. The van der Waals surface area contributed by atoms with Gasteiger partial charge >= 0.3 is 0 Å². The van der Waals surface area contributed by atoms with E-state index in [2.05, 4.69) is 85.7 Å². The van der Waals surface area contributed by atoms with Crippen LogP contribution in [-0.2, 0) is 28.1 Å². The van der Waals surface area contributed by atoms with Crippen molar-refractivity contribution in [2.75, 3.05) is 0 Å². The SMILES string of the molecule is [2H]C([2H])([2H])C(c1cc(-c2nc3c(-c4cc(-c5cc(-c6ccc(C(C)(C)C)cc6)ccn5)cc(C(C)(C)C)c4)cccc3n2-c2ccc(CC(C)C)cc2-c2ccccc2)c(O)c(C(C([2H])([2H])[2H])(C([2H])([2H])[2H])C([2H])([2H])[2H])c1)(C([2H])([2H])[2H])C([2H])([2H])[2H]. The Morgan fingerprint density at radius 2 is 1.23 bits per heavy atom. The molecule has 0 aliphatic rings. The Balaban J connectivity index is 1.58. The van der Waals surface area contributed by atoms with E-state index in [-0.39, 0.29) is 16.8 Å². The number of benzene rings is 6. The molecule has 4 heteroatoms. The summed E-state index contributed by atoms with van der Waals surface area (Å²) in [6.07, 6.45) is 2.37. The van der Waals surface area contributed by atoms with Gasteiger partial charge in [-0.3, -0.25) is 9.55 Å². The van der Waals surface area contributed by atoms with Crippen LogP contribution in [0.2, 0.25) is 0 Å². The lowest BCUT2D eigenvalue weighted by molar-refractivity contribution is 0.446. The molecule has 0 bridgehead atoms. The van der Waals surface area contributed by atoms with Gasteiger partial charge in [-0.2, -0.15) is 0 Å². The van der Waals surface area contributed by atoms with Crippen LogP contribution < -0.4 is 0 Å². The first kappa shape index (κ1) is 28.7. The minimum atomic E-state index is -4.13. The minimum absolute atomic E-state index is 0.0588. The highest BCUT2D eigenvalue weighted by Gasteiger charge is 2.30. The molecule has 0 fully saturated rings. The van der Waals surface area contributed by atoms with Gasteiger partial charge in [0.1, 0.15) is 11.6 Å². The van der Waals surface area contributed by atoms with Gasteiger partial charge in [-0.15, -0.1) is 0 Å². The minimum Gasteiger partial charge on any atom is -0.507 e. The number of imidazole rings is 1. The van der Waals surface area contributed by atoms with Gasteiger partial charge in [0, 0.05) is 53.1 Å². The van der Waals surface area contributed by atoms with Crippen LogP contribution in [-0.4, -0.2) is 19.6 Å². The Morgan fingerprint density at radius 3 is 1.89 bits per heavy atom. The zero-order valence-corrected chi connectivity index (χ0v) is 38.9. The molecular formula is C62H69N3O. The fourth-order valence-electron chi connectivity index (χ4n) is 8.58. The molecule has 2 aromatic heterocycles. The number of nitrogens with zero attached hydrogens (tertiary/aromatic N) is 3. The van der Waals surface area contributed by atoms with Crippen molar-refractivity contribution >= 4 is 11.0 Å². The number of hydrogen-bond acceptors (Lipinski definition) is 3. The summed E-state index contributed by atoms with van der Waals surface area (Å²) in [7, 11) is 0. The molecule has 0 unspecified atom stereocenters. The highest BCUT2D eigenvalue weighted by Crippen LogP contribution is 2.46. The van der Waals surface area contributed by atoms with E-state index in [1.807, 2.05) is 66.7 Å². The van der Waals surface area contributed by atoms with Crippen molar-refractivity contribution in [3.8, 4) is 67.5 Å². The molecule has 2 heterocycles. The molecular weight excluding hydrogens is 803 g/mol. The van der Waals surface area contributed by atoms with E-state index in [4.69, 9.17) is 34.6 Å². The number of para-hydroxylation sites is 1. The van der Waals surface area contributed by atoms with E-state index >= 15 is 0 Å². The molecule has 6 aromatic carbocycles. The predicted molar refractivity (Wildman–Crippen MR) is 281 cm³/mol. The second-order valence-corrected chi connectivity index (χ2v) is 20.0. The average Bonchev–Trinajstić information content (AvgIpc) is 0.867. The van der Waals surface area contributed by atoms with Gasteiger partial charge in [0.25, 0.3) is 0 Å². The second kappa shape index (κ2) is 17.2. The number of phenols is 1. The van der Waals surface area contributed by atoms with Gasteiger partial charge in [0.05, 0.1) is 28.0 Å². The first-order valence-corrected chi connectivity index (χ1v) is 22.3. The number of fused-ring (bicyclic) bond motifs is 1. The van der Waals surface area contributed by atoms with Crippen molar-refractivity contribution < 1.29 is 29.8 Å². The molecule has 4 nitrogen and oxygen atoms in total. The fraction of sp³-hybridized carbons (Fsp3) is 0.323. The average molecular weight is 890 g/mol. The third kappa shape index (κ3) is 9.38. The molecule has 66 heavy (non-hydrogen) atoms. The molecule has 0 atom stereocenters. The van der Waals surface area contributed by atoms with Crippen molar-refractivity contribution in [3.63, 3.8) is 0 Å². The maximum Gasteiger partial charge on any atom is 0.149 e. The highest BCUT2D eigenvalue weighted by molar-refractivity contribution is 5.98. The summed E-state index contributed by atoms with van der Waals surface area (Å²) < 4.78 is 160. The third-order valence-electron chi connectivity index (χ3n) is 12.2. The number of pyridine rings is 1. The van der Waals surface area contributed by atoms with Crippen LogP contribution in [0.15, 0.2) is 140 Å². The maximum atomic E-state index is 13.1. The molecule has 0 aliphatic carbocycles. The van der Waals surface area contributed by atoms with Crippen molar-refractivity contribution in [3.05, 3.63) is 167 Å². The zero-order valence-electron chi connectivity index (χ0n) is 56.9. The predicted octanol–water partition coefficient (Wildman–Crippen LogP) is 16.8. The van der Waals surface area contributed by atoms with E-state index in [1.165, 1.54) is 5.56 Å². The Bertz CT molecular complexity index is 3660. The first-order valence-electron chi connectivity index (χ1n) is 31.3. The lowest BCUT2D eigenvalue weighted by atomic mass is 9.79. The van der Waals surface area contributed by atoms with Crippen LogP contribution in [0.1, 0.15) is 149 Å². The number of hydrogen-bond donors (Lipinski definition) is 1. The van der Waals surface area contributed by atoms with Crippen molar-refractivity contribution in [2.24, 2.45) is 5.92 Å². The fourth-order valence-corrected chi connectivity index (χ4v) is 8.58. The molecule has 0 saturated heterocycles. The van der Waals surface area contributed by atoms with Crippen LogP contribution >= 0.6 is 0 Å². The third-order valence-corrected chi connectivity index (χ3v) is 12.2. The lowest BCUT2D eigenvalue weighted by Gasteiger charge is -2.27.